The van der Waals surface area contributed by atoms with Gasteiger partial charge in [0.2, 0.25) is 0 Å². The molecule has 0 saturated heterocycles. The quantitative estimate of drug-likeness (QED) is 0.108. The maximum atomic E-state index is 5.34. The Bertz CT molecular complexity index is 3010. The molecule has 6 aromatic carbocycles. The number of hydrogen-bond acceptors (Lipinski definition) is 5. The maximum Gasteiger partial charge on any atom is 0.161 e. The van der Waals surface area contributed by atoms with Crippen molar-refractivity contribution in [3.63, 3.8) is 0 Å². The van der Waals surface area contributed by atoms with E-state index in [4.69, 9.17) is 20.0 Å². The predicted molar refractivity (Wildman–Crippen MR) is 250 cm³/mol. The fourth-order valence-electron chi connectivity index (χ4n) is 7.39. The summed E-state index contributed by atoms with van der Waals surface area (Å²) in [5.74, 6) is 1.86. The van der Waals surface area contributed by atoms with Gasteiger partial charge in [-0.05, 0) is 48.9 Å². The number of nitrogens with zero attached hydrogens (tertiary/aromatic N) is 5. The van der Waals surface area contributed by atoms with Gasteiger partial charge in [-0.3, -0.25) is 4.99 Å². The summed E-state index contributed by atoms with van der Waals surface area (Å²) < 4.78 is 3.45. The molecule has 0 saturated carbocycles. The number of amidine groups is 2. The number of aryl methyl sites for hydroxylation is 1. The fraction of sp³-hybridized carbons (Fsp3) is 0.0784. The van der Waals surface area contributed by atoms with Crippen LogP contribution in [0.4, 0.5) is 0 Å². The Morgan fingerprint density at radius 1 is 0.655 bits per heavy atom. The number of aromatic nitrogens is 2. The first-order valence-corrected chi connectivity index (χ1v) is 21.0. The maximum absolute atomic E-state index is 5.34. The van der Waals surface area contributed by atoms with Crippen LogP contribution in [0.3, 0.4) is 0 Å². The van der Waals surface area contributed by atoms with Crippen LogP contribution in [0.15, 0.2) is 179 Å². The average molecular weight is 786 g/mol. The number of hydrogen-bond donors (Lipinski definition) is 0. The SMILES string of the molecule is C=NC(=NC(=NCc1ccccc1)/C(=C/C)c1c(CC)sc2cc(-c3nc(-c4ccc(-c5ccccc5)cc4)c4sc5ccccc5c4n3)ccc12)c1ccccc1. The van der Waals surface area contributed by atoms with Gasteiger partial charge < -0.3 is 0 Å². The molecule has 0 spiro atoms. The van der Waals surface area contributed by atoms with E-state index in [1.807, 2.05) is 54.6 Å². The van der Waals surface area contributed by atoms with Crippen molar-refractivity contribution >= 4 is 77.0 Å². The van der Waals surface area contributed by atoms with Crippen LogP contribution in [0.1, 0.15) is 35.4 Å². The molecule has 7 heteroatoms. The number of thiophene rings is 2. The Hall–Kier alpha value is -6.67. The van der Waals surface area contributed by atoms with E-state index in [-0.39, 0.29) is 0 Å². The number of allylic oxidation sites excluding steroid dienone is 1. The van der Waals surface area contributed by atoms with Crippen molar-refractivity contribution in [2.75, 3.05) is 0 Å². The topological polar surface area (TPSA) is 62.9 Å². The summed E-state index contributed by atoms with van der Waals surface area (Å²) in [4.78, 5) is 26.5. The van der Waals surface area contributed by atoms with Crippen molar-refractivity contribution < 1.29 is 0 Å². The fourth-order valence-corrected chi connectivity index (χ4v) is 9.74. The van der Waals surface area contributed by atoms with Gasteiger partial charge in [0.25, 0.3) is 0 Å². The highest BCUT2D eigenvalue weighted by molar-refractivity contribution is 7.26. The monoisotopic (exact) mass is 785 g/mol. The van der Waals surface area contributed by atoms with Crippen molar-refractivity contribution in [2.24, 2.45) is 15.0 Å². The molecule has 0 amide bonds. The summed E-state index contributed by atoms with van der Waals surface area (Å²) >= 11 is 3.56. The van der Waals surface area contributed by atoms with Gasteiger partial charge in [0, 0.05) is 52.9 Å². The second-order valence-corrected chi connectivity index (χ2v) is 16.1. The Balaban J connectivity index is 1.17. The van der Waals surface area contributed by atoms with Crippen LogP contribution < -0.4 is 0 Å². The van der Waals surface area contributed by atoms with Gasteiger partial charge in [-0.1, -0.05) is 159 Å². The molecule has 58 heavy (non-hydrogen) atoms. The van der Waals surface area contributed by atoms with Gasteiger partial charge in [-0.15, -0.1) is 22.7 Å². The van der Waals surface area contributed by atoms with Gasteiger partial charge in [-0.2, -0.15) is 0 Å². The summed E-state index contributed by atoms with van der Waals surface area (Å²) in [7, 11) is 0. The van der Waals surface area contributed by atoms with Crippen LogP contribution in [-0.4, -0.2) is 28.4 Å². The number of rotatable bonds is 9. The minimum absolute atomic E-state index is 0.484. The third-order valence-electron chi connectivity index (χ3n) is 10.3. The summed E-state index contributed by atoms with van der Waals surface area (Å²) in [6.07, 6.45) is 2.98. The van der Waals surface area contributed by atoms with E-state index >= 15 is 0 Å². The molecule has 0 aliphatic heterocycles. The van der Waals surface area contributed by atoms with E-state index in [1.54, 1.807) is 22.7 Å². The first kappa shape index (κ1) is 36.9. The number of benzene rings is 6. The zero-order valence-electron chi connectivity index (χ0n) is 32.3. The van der Waals surface area contributed by atoms with Gasteiger partial charge >= 0.3 is 0 Å². The molecule has 0 bridgehead atoms. The molecule has 280 valence electrons. The number of aliphatic imine (C=N–C) groups is 3. The molecule has 0 N–H and O–H groups in total. The molecule has 0 radical (unpaired) electrons. The van der Waals surface area contributed by atoms with Crippen molar-refractivity contribution in [1.82, 2.24) is 9.97 Å². The Morgan fingerprint density at radius 2 is 1.31 bits per heavy atom. The predicted octanol–water partition coefficient (Wildman–Crippen LogP) is 13.8. The number of fused-ring (bicyclic) bond motifs is 4. The lowest BCUT2D eigenvalue weighted by atomic mass is 9.98. The Kier molecular flexibility index (Phi) is 10.5. The Labute approximate surface area is 346 Å². The third-order valence-corrected chi connectivity index (χ3v) is 12.7. The van der Waals surface area contributed by atoms with E-state index in [2.05, 4.69) is 135 Å². The standard InChI is InChI=1S/C51H39N5S2/c1-4-39(51(53-32-33-17-9-6-10-18-33)56-49(52-3)37-21-13-8-14-22-37)45-40-30-29-38(31-44(40)57-42(45)5-2)50-54-46(48-47(55-50)41-23-15-16-24-43(41)58-48)36-27-25-35(26-28-36)34-19-11-7-12-20-34/h4,6-31H,3,5,32H2,1-2H3/b39-4+,53-51?,56-49?. The molecule has 9 rings (SSSR count). The molecule has 0 unspecified atom stereocenters. The van der Waals surface area contributed by atoms with Gasteiger partial charge in [0.05, 0.1) is 22.5 Å². The van der Waals surface area contributed by atoms with Gasteiger partial charge in [-0.25, -0.2) is 20.0 Å². The van der Waals surface area contributed by atoms with Crippen LogP contribution >= 0.6 is 22.7 Å². The van der Waals surface area contributed by atoms with Gasteiger partial charge in [0.15, 0.2) is 17.5 Å². The molecule has 0 aliphatic carbocycles. The largest absolute Gasteiger partial charge is 0.261 e. The van der Waals surface area contributed by atoms with Crippen molar-refractivity contribution in [1.29, 1.82) is 0 Å². The first-order valence-electron chi connectivity index (χ1n) is 19.4. The highest BCUT2D eigenvalue weighted by atomic mass is 32.1. The van der Waals surface area contributed by atoms with E-state index in [0.717, 1.165) is 71.2 Å². The van der Waals surface area contributed by atoms with Crippen LogP contribution in [0.25, 0.3) is 69.7 Å². The van der Waals surface area contributed by atoms with Crippen molar-refractivity contribution in [3.05, 3.63) is 185 Å². The highest BCUT2D eigenvalue weighted by Crippen LogP contribution is 2.42. The molecule has 0 fully saturated rings. The van der Waals surface area contributed by atoms with Crippen molar-refractivity contribution in [2.45, 2.75) is 26.8 Å². The zero-order chi connectivity index (χ0) is 39.4. The van der Waals surface area contributed by atoms with E-state index in [9.17, 15) is 0 Å². The first-order chi connectivity index (χ1) is 28.6. The summed E-state index contributed by atoms with van der Waals surface area (Å²) in [5, 5.41) is 2.29. The lowest BCUT2D eigenvalue weighted by Crippen LogP contribution is -2.07. The zero-order valence-corrected chi connectivity index (χ0v) is 33.9. The normalized spacial score (nSPS) is 12.5. The highest BCUT2D eigenvalue weighted by Gasteiger charge is 2.22. The van der Waals surface area contributed by atoms with E-state index < -0.39 is 0 Å². The third kappa shape index (κ3) is 7.22. The second kappa shape index (κ2) is 16.4. The van der Waals surface area contributed by atoms with E-state index in [1.165, 1.54) is 20.7 Å². The van der Waals surface area contributed by atoms with Gasteiger partial charge in [0.1, 0.15) is 0 Å². The molecule has 0 atom stereocenters. The molecule has 9 aromatic rings. The molecular weight excluding hydrogens is 747 g/mol. The van der Waals surface area contributed by atoms with Crippen LogP contribution in [0.5, 0.6) is 0 Å². The second-order valence-electron chi connectivity index (χ2n) is 13.9. The molecule has 3 heterocycles. The Morgan fingerprint density at radius 3 is 2.03 bits per heavy atom. The van der Waals surface area contributed by atoms with Crippen LogP contribution in [0, 0.1) is 0 Å². The summed E-state index contributed by atoms with van der Waals surface area (Å²) in [5.41, 5.74) is 10.4. The van der Waals surface area contributed by atoms with Crippen LogP contribution in [-0.2, 0) is 13.0 Å². The molecule has 3 aromatic heterocycles. The van der Waals surface area contributed by atoms with Crippen molar-refractivity contribution in [3.8, 4) is 33.8 Å². The molecule has 5 nitrogen and oxygen atoms in total. The minimum atomic E-state index is 0.484. The van der Waals surface area contributed by atoms with E-state index in [0.29, 0.717) is 24.0 Å². The molecule has 0 aliphatic rings. The summed E-state index contributed by atoms with van der Waals surface area (Å²) in [6, 6.07) is 54.6. The average Bonchev–Trinajstić information content (AvgIpc) is 3.86. The lowest BCUT2D eigenvalue weighted by molar-refractivity contribution is 1.06. The van der Waals surface area contributed by atoms with Crippen LogP contribution in [0.2, 0.25) is 0 Å². The summed E-state index contributed by atoms with van der Waals surface area (Å²) in [6.45, 7) is 8.64. The molecular formula is C51H39N5S2. The minimum Gasteiger partial charge on any atom is -0.261 e. The smallest absolute Gasteiger partial charge is 0.161 e. The lowest BCUT2D eigenvalue weighted by Gasteiger charge is -2.12.